The lowest BCUT2D eigenvalue weighted by Gasteiger charge is -2.29. The van der Waals surface area contributed by atoms with Gasteiger partial charge in [-0.25, -0.2) is 0 Å². The Morgan fingerprint density at radius 1 is 1.44 bits per heavy atom. The zero-order chi connectivity index (χ0) is 13.3. The summed E-state index contributed by atoms with van der Waals surface area (Å²) in [5.74, 6) is 0.442. The normalized spacial score (nSPS) is 17.7. The number of fused-ring (bicyclic) bond motifs is 1. The number of nitrogens with zero attached hydrogens (tertiary/aromatic N) is 1. The van der Waals surface area contributed by atoms with Gasteiger partial charge in [0, 0.05) is 12.2 Å². The Balaban J connectivity index is 2.21. The van der Waals surface area contributed by atoms with Crippen LogP contribution in [0.25, 0.3) is 0 Å². The number of amides is 1. The van der Waals surface area contributed by atoms with Gasteiger partial charge in [-0.05, 0) is 37.3 Å². The van der Waals surface area contributed by atoms with Crippen LogP contribution in [0.4, 0.5) is 5.69 Å². The van der Waals surface area contributed by atoms with E-state index in [4.69, 9.17) is 11.6 Å². The van der Waals surface area contributed by atoms with E-state index in [0.29, 0.717) is 12.3 Å². The summed E-state index contributed by atoms with van der Waals surface area (Å²) < 4.78 is 0. The monoisotopic (exact) mass is 265 g/mol. The highest BCUT2D eigenvalue weighted by atomic mass is 35.5. The lowest BCUT2D eigenvalue weighted by atomic mass is 9.96. The molecular formula is C15H20ClNO. The minimum absolute atomic E-state index is 0.0304. The van der Waals surface area contributed by atoms with Crippen molar-refractivity contribution in [1.82, 2.24) is 0 Å². The van der Waals surface area contributed by atoms with Crippen LogP contribution in [0.15, 0.2) is 24.3 Å². The predicted octanol–water partition coefficient (Wildman–Crippen LogP) is 3.62. The van der Waals surface area contributed by atoms with Gasteiger partial charge in [0.2, 0.25) is 5.91 Å². The first-order valence-electron chi connectivity index (χ1n) is 6.50. The number of para-hydroxylation sites is 1. The Kier molecular flexibility index (Phi) is 3.67. The molecule has 0 spiro atoms. The molecule has 2 nitrogen and oxygen atoms in total. The number of hydrogen-bond donors (Lipinski definition) is 0. The van der Waals surface area contributed by atoms with Gasteiger partial charge in [0.1, 0.15) is 4.87 Å². The van der Waals surface area contributed by atoms with Gasteiger partial charge in [-0.2, -0.15) is 0 Å². The molecule has 0 aromatic heterocycles. The third-order valence-electron chi connectivity index (χ3n) is 3.37. The van der Waals surface area contributed by atoms with Crippen LogP contribution in [0.2, 0.25) is 0 Å². The van der Waals surface area contributed by atoms with Gasteiger partial charge in [-0.3, -0.25) is 4.79 Å². The van der Waals surface area contributed by atoms with Crippen molar-refractivity contribution in [2.24, 2.45) is 5.92 Å². The second kappa shape index (κ2) is 4.93. The van der Waals surface area contributed by atoms with E-state index >= 15 is 0 Å². The average Bonchev–Trinajstić information content (AvgIpc) is 2.69. The molecule has 1 heterocycles. The molecule has 1 unspecified atom stereocenters. The molecule has 1 atom stereocenters. The standard InChI is InChI=1S/C15H20ClNO/c1-11(2)10-15(3,16)14(18)17-9-8-12-6-4-5-7-13(12)17/h4-7,11H,8-10H2,1-3H3. The first-order valence-corrected chi connectivity index (χ1v) is 6.88. The number of halogens is 1. The molecule has 98 valence electrons. The zero-order valence-corrected chi connectivity index (χ0v) is 12.0. The second-order valence-electron chi connectivity index (χ2n) is 5.63. The van der Waals surface area contributed by atoms with E-state index < -0.39 is 4.87 Å². The summed E-state index contributed by atoms with van der Waals surface area (Å²) in [6.45, 7) is 6.76. The molecule has 18 heavy (non-hydrogen) atoms. The highest BCUT2D eigenvalue weighted by Crippen LogP contribution is 2.33. The van der Waals surface area contributed by atoms with Crippen LogP contribution in [0.5, 0.6) is 0 Å². The first-order chi connectivity index (χ1) is 8.42. The van der Waals surface area contributed by atoms with Crippen LogP contribution in [0.1, 0.15) is 32.8 Å². The highest BCUT2D eigenvalue weighted by molar-refractivity contribution is 6.36. The average molecular weight is 266 g/mol. The topological polar surface area (TPSA) is 20.3 Å². The molecule has 0 saturated heterocycles. The van der Waals surface area contributed by atoms with Crippen molar-refractivity contribution in [3.05, 3.63) is 29.8 Å². The number of benzene rings is 1. The van der Waals surface area contributed by atoms with Crippen molar-refractivity contribution < 1.29 is 4.79 Å². The van der Waals surface area contributed by atoms with Gasteiger partial charge in [-0.15, -0.1) is 11.6 Å². The van der Waals surface area contributed by atoms with E-state index in [9.17, 15) is 4.79 Å². The molecular weight excluding hydrogens is 246 g/mol. The number of anilines is 1. The summed E-state index contributed by atoms with van der Waals surface area (Å²) in [5, 5.41) is 0. The second-order valence-corrected chi connectivity index (χ2v) is 6.47. The summed E-state index contributed by atoms with van der Waals surface area (Å²) in [4.78, 5) is 13.6. The SMILES string of the molecule is CC(C)CC(C)(Cl)C(=O)N1CCc2ccccc21. The number of alkyl halides is 1. The van der Waals surface area contributed by atoms with Gasteiger partial charge in [0.25, 0.3) is 0 Å². The maximum absolute atomic E-state index is 12.6. The summed E-state index contributed by atoms with van der Waals surface area (Å²) >= 11 is 6.44. The minimum Gasteiger partial charge on any atom is -0.310 e. The minimum atomic E-state index is -0.800. The fraction of sp³-hybridized carbons (Fsp3) is 0.533. The van der Waals surface area contributed by atoms with Crippen molar-refractivity contribution in [3.63, 3.8) is 0 Å². The largest absolute Gasteiger partial charge is 0.310 e. The zero-order valence-electron chi connectivity index (χ0n) is 11.2. The third kappa shape index (κ3) is 2.54. The third-order valence-corrected chi connectivity index (χ3v) is 3.69. The number of carbonyl (C=O) groups is 1. The van der Waals surface area contributed by atoms with Crippen LogP contribution < -0.4 is 4.90 Å². The molecule has 1 aliphatic heterocycles. The van der Waals surface area contributed by atoms with Gasteiger partial charge >= 0.3 is 0 Å². The maximum atomic E-state index is 12.6. The quantitative estimate of drug-likeness (QED) is 0.765. The molecule has 3 heteroatoms. The molecule has 0 fully saturated rings. The van der Waals surface area contributed by atoms with Crippen LogP contribution >= 0.6 is 11.6 Å². The Labute approximate surface area is 114 Å². The van der Waals surface area contributed by atoms with Crippen molar-refractivity contribution in [2.75, 3.05) is 11.4 Å². The molecule has 0 bridgehead atoms. The Morgan fingerprint density at radius 3 is 2.78 bits per heavy atom. The summed E-state index contributed by atoms with van der Waals surface area (Å²) in [6, 6.07) is 8.07. The molecule has 1 aliphatic rings. The summed E-state index contributed by atoms with van der Waals surface area (Å²) in [7, 11) is 0. The van der Waals surface area contributed by atoms with E-state index in [1.54, 1.807) is 0 Å². The molecule has 1 amide bonds. The van der Waals surface area contributed by atoms with Gasteiger partial charge in [0.05, 0.1) is 0 Å². The molecule has 0 saturated carbocycles. The molecule has 0 aliphatic carbocycles. The maximum Gasteiger partial charge on any atom is 0.247 e. The van der Waals surface area contributed by atoms with Gasteiger partial charge in [-0.1, -0.05) is 32.0 Å². The molecule has 2 rings (SSSR count). The summed E-state index contributed by atoms with van der Waals surface area (Å²) in [5.41, 5.74) is 2.26. The van der Waals surface area contributed by atoms with E-state index in [0.717, 1.165) is 18.7 Å². The number of hydrogen-bond acceptors (Lipinski definition) is 1. The Bertz CT molecular complexity index is 454. The van der Waals surface area contributed by atoms with Crippen molar-refractivity contribution >= 4 is 23.2 Å². The molecule has 0 N–H and O–H groups in total. The van der Waals surface area contributed by atoms with Crippen molar-refractivity contribution in [1.29, 1.82) is 0 Å². The lowest BCUT2D eigenvalue weighted by Crippen LogP contribution is -2.43. The van der Waals surface area contributed by atoms with Crippen LogP contribution in [-0.2, 0) is 11.2 Å². The van der Waals surface area contributed by atoms with Crippen molar-refractivity contribution in [3.8, 4) is 0 Å². The van der Waals surface area contributed by atoms with E-state index in [2.05, 4.69) is 19.9 Å². The lowest BCUT2D eigenvalue weighted by molar-refractivity contribution is -0.121. The molecule has 1 aromatic rings. The predicted molar refractivity (Wildman–Crippen MR) is 76.2 cm³/mol. The van der Waals surface area contributed by atoms with Crippen molar-refractivity contribution in [2.45, 2.75) is 38.5 Å². The highest BCUT2D eigenvalue weighted by Gasteiger charge is 2.37. The van der Waals surface area contributed by atoms with Crippen LogP contribution in [0, 0.1) is 5.92 Å². The first kappa shape index (κ1) is 13.4. The smallest absolute Gasteiger partial charge is 0.247 e. The van der Waals surface area contributed by atoms with Crippen LogP contribution in [-0.4, -0.2) is 17.3 Å². The van der Waals surface area contributed by atoms with Crippen LogP contribution in [0.3, 0.4) is 0 Å². The Morgan fingerprint density at radius 2 is 2.11 bits per heavy atom. The Hall–Kier alpha value is -1.02. The molecule has 1 aromatic carbocycles. The number of rotatable bonds is 3. The van der Waals surface area contributed by atoms with Gasteiger partial charge in [0.15, 0.2) is 0 Å². The van der Waals surface area contributed by atoms with E-state index in [1.165, 1.54) is 5.56 Å². The van der Waals surface area contributed by atoms with E-state index in [-0.39, 0.29) is 5.91 Å². The summed E-state index contributed by atoms with van der Waals surface area (Å²) in [6.07, 6.45) is 1.63. The fourth-order valence-electron chi connectivity index (χ4n) is 2.68. The van der Waals surface area contributed by atoms with Gasteiger partial charge < -0.3 is 4.90 Å². The number of carbonyl (C=O) groups excluding carboxylic acids is 1. The fourth-order valence-corrected chi connectivity index (χ4v) is 3.10. The molecule has 0 radical (unpaired) electrons. The van der Waals surface area contributed by atoms with E-state index in [1.807, 2.05) is 30.0 Å².